The zero-order valence-corrected chi connectivity index (χ0v) is 16.6. The van der Waals surface area contributed by atoms with Crippen LogP contribution in [0.4, 0.5) is 0 Å². The predicted octanol–water partition coefficient (Wildman–Crippen LogP) is 5.16. The first-order valence-electron chi connectivity index (χ1n) is 9.17. The first-order chi connectivity index (χ1) is 14.0. The Balaban J connectivity index is 2.05. The zero-order chi connectivity index (χ0) is 20.8. The molecule has 0 aliphatic carbocycles. The maximum Gasteiger partial charge on any atom is 0.337 e. The van der Waals surface area contributed by atoms with E-state index in [9.17, 15) is 9.59 Å². The molecule has 0 heterocycles. The van der Waals surface area contributed by atoms with Crippen LogP contribution >= 0.6 is 0 Å². The van der Waals surface area contributed by atoms with Crippen LogP contribution in [0.5, 0.6) is 0 Å². The lowest BCUT2D eigenvalue weighted by Crippen LogP contribution is -2.02. The molecule has 4 heteroatoms. The lowest BCUT2D eigenvalue weighted by Gasteiger charge is -2.11. The van der Waals surface area contributed by atoms with Crippen molar-refractivity contribution in [1.29, 1.82) is 0 Å². The van der Waals surface area contributed by atoms with E-state index in [0.29, 0.717) is 11.1 Å². The van der Waals surface area contributed by atoms with Gasteiger partial charge in [-0.05, 0) is 59.5 Å². The number of rotatable bonds is 5. The summed E-state index contributed by atoms with van der Waals surface area (Å²) in [5.74, 6) is -0.744. The molecule has 3 aromatic rings. The van der Waals surface area contributed by atoms with Gasteiger partial charge in [-0.25, -0.2) is 9.59 Å². The minimum atomic E-state index is -0.372. The van der Waals surface area contributed by atoms with E-state index in [1.165, 1.54) is 19.8 Å². The summed E-state index contributed by atoms with van der Waals surface area (Å²) in [6, 6.07) is 22.8. The minimum Gasteiger partial charge on any atom is -0.465 e. The molecular formula is C25H22O4. The molecule has 0 radical (unpaired) electrons. The number of esters is 2. The largest absolute Gasteiger partial charge is 0.465 e. The number of hydrogen-bond donors (Lipinski definition) is 0. The Morgan fingerprint density at radius 1 is 0.621 bits per heavy atom. The van der Waals surface area contributed by atoms with Crippen molar-refractivity contribution in [2.75, 3.05) is 14.2 Å². The molecule has 0 saturated heterocycles. The average Bonchev–Trinajstić information content (AvgIpc) is 2.78. The van der Waals surface area contributed by atoms with Gasteiger partial charge in [0.05, 0.1) is 25.3 Å². The van der Waals surface area contributed by atoms with Gasteiger partial charge in [0, 0.05) is 0 Å². The molecule has 0 atom stereocenters. The molecule has 0 aliphatic rings. The van der Waals surface area contributed by atoms with Crippen LogP contribution in [0.15, 0.2) is 72.8 Å². The van der Waals surface area contributed by atoms with E-state index in [-0.39, 0.29) is 11.9 Å². The van der Waals surface area contributed by atoms with Gasteiger partial charge in [-0.1, -0.05) is 54.1 Å². The summed E-state index contributed by atoms with van der Waals surface area (Å²) in [5, 5.41) is 0. The highest BCUT2D eigenvalue weighted by Crippen LogP contribution is 2.27. The first-order valence-corrected chi connectivity index (χ1v) is 9.17. The lowest BCUT2D eigenvalue weighted by molar-refractivity contribution is 0.0592. The number of ether oxygens (including phenoxy) is 2. The van der Waals surface area contributed by atoms with Crippen molar-refractivity contribution in [2.45, 2.75) is 6.92 Å². The number of hydrogen-bond acceptors (Lipinski definition) is 4. The van der Waals surface area contributed by atoms with E-state index in [0.717, 1.165) is 22.3 Å². The van der Waals surface area contributed by atoms with Gasteiger partial charge in [-0.3, -0.25) is 0 Å². The Labute approximate surface area is 170 Å². The number of methoxy groups -OCH3 is 2. The van der Waals surface area contributed by atoms with Crippen LogP contribution in [-0.4, -0.2) is 26.2 Å². The van der Waals surface area contributed by atoms with Crippen LogP contribution in [0, 0.1) is 6.92 Å². The highest BCUT2D eigenvalue weighted by Gasteiger charge is 2.11. The molecule has 0 spiro atoms. The minimum absolute atomic E-state index is 0.372. The standard InChI is InChI=1S/C25H22O4/c1-17-4-6-18(7-5-17)16-23(19-8-12-21(13-9-19)24(26)28-2)20-10-14-22(15-11-20)25(27)29-3/h4-16H,1-3H3. The van der Waals surface area contributed by atoms with Crippen molar-refractivity contribution in [1.82, 2.24) is 0 Å². The maximum absolute atomic E-state index is 11.7. The molecule has 0 amide bonds. The normalized spacial score (nSPS) is 10.2. The van der Waals surface area contributed by atoms with Crippen molar-refractivity contribution in [3.8, 4) is 0 Å². The van der Waals surface area contributed by atoms with Crippen LogP contribution in [0.25, 0.3) is 11.6 Å². The predicted molar refractivity (Wildman–Crippen MR) is 114 cm³/mol. The van der Waals surface area contributed by atoms with Crippen molar-refractivity contribution in [2.24, 2.45) is 0 Å². The summed E-state index contributed by atoms with van der Waals surface area (Å²) in [6.07, 6.45) is 2.08. The van der Waals surface area contributed by atoms with Gasteiger partial charge < -0.3 is 9.47 Å². The van der Waals surface area contributed by atoms with Crippen molar-refractivity contribution in [3.05, 3.63) is 106 Å². The summed E-state index contributed by atoms with van der Waals surface area (Å²) in [5.41, 5.74) is 6.10. The molecule has 0 N–H and O–H groups in total. The molecule has 0 aliphatic heterocycles. The Morgan fingerprint density at radius 3 is 1.38 bits per heavy atom. The molecule has 0 unspecified atom stereocenters. The van der Waals surface area contributed by atoms with Crippen LogP contribution in [0.2, 0.25) is 0 Å². The molecule has 0 aromatic heterocycles. The Hall–Kier alpha value is -3.66. The summed E-state index contributed by atoms with van der Waals surface area (Å²) in [4.78, 5) is 23.5. The van der Waals surface area contributed by atoms with E-state index in [1.54, 1.807) is 24.3 Å². The molecule has 0 fully saturated rings. The SMILES string of the molecule is COC(=O)c1ccc(C(=Cc2ccc(C)cc2)c2ccc(C(=O)OC)cc2)cc1. The van der Waals surface area contributed by atoms with E-state index < -0.39 is 0 Å². The van der Waals surface area contributed by atoms with Gasteiger partial charge in [0.15, 0.2) is 0 Å². The van der Waals surface area contributed by atoms with Gasteiger partial charge in [0.1, 0.15) is 0 Å². The van der Waals surface area contributed by atoms with Crippen molar-refractivity contribution >= 4 is 23.6 Å². The molecule has 4 nitrogen and oxygen atoms in total. The van der Waals surface area contributed by atoms with E-state index >= 15 is 0 Å². The fourth-order valence-corrected chi connectivity index (χ4v) is 2.97. The highest BCUT2D eigenvalue weighted by molar-refractivity contribution is 5.95. The van der Waals surface area contributed by atoms with Crippen LogP contribution in [-0.2, 0) is 9.47 Å². The second-order valence-corrected chi connectivity index (χ2v) is 6.61. The van der Waals surface area contributed by atoms with E-state index in [2.05, 4.69) is 30.3 Å². The molecule has 0 saturated carbocycles. The quantitative estimate of drug-likeness (QED) is 0.449. The van der Waals surface area contributed by atoms with Gasteiger partial charge in [0.25, 0.3) is 0 Å². The summed E-state index contributed by atoms with van der Waals surface area (Å²) in [7, 11) is 2.73. The first kappa shape index (κ1) is 20.1. The second kappa shape index (κ2) is 9.02. The topological polar surface area (TPSA) is 52.6 Å². The van der Waals surface area contributed by atoms with Crippen molar-refractivity contribution < 1.29 is 19.1 Å². The van der Waals surface area contributed by atoms with Crippen LogP contribution in [0.3, 0.4) is 0 Å². The third-order valence-corrected chi connectivity index (χ3v) is 4.62. The average molecular weight is 386 g/mol. The fourth-order valence-electron chi connectivity index (χ4n) is 2.97. The molecule has 0 bridgehead atoms. The zero-order valence-electron chi connectivity index (χ0n) is 16.6. The van der Waals surface area contributed by atoms with Gasteiger partial charge in [-0.15, -0.1) is 0 Å². The third kappa shape index (κ3) is 4.79. The maximum atomic E-state index is 11.7. The highest BCUT2D eigenvalue weighted by atomic mass is 16.5. The number of benzene rings is 3. The van der Waals surface area contributed by atoms with Crippen LogP contribution < -0.4 is 0 Å². The molecule has 146 valence electrons. The van der Waals surface area contributed by atoms with E-state index in [4.69, 9.17) is 9.47 Å². The molecular weight excluding hydrogens is 364 g/mol. The van der Waals surface area contributed by atoms with Gasteiger partial charge >= 0.3 is 11.9 Å². The number of aryl methyl sites for hydroxylation is 1. The summed E-state index contributed by atoms with van der Waals surface area (Å²) in [6.45, 7) is 2.05. The summed E-state index contributed by atoms with van der Waals surface area (Å²) < 4.78 is 9.55. The van der Waals surface area contributed by atoms with Gasteiger partial charge in [-0.2, -0.15) is 0 Å². The number of carbonyl (C=O) groups excluding carboxylic acids is 2. The third-order valence-electron chi connectivity index (χ3n) is 4.62. The molecule has 3 rings (SSSR count). The molecule has 29 heavy (non-hydrogen) atoms. The lowest BCUT2D eigenvalue weighted by atomic mass is 9.94. The van der Waals surface area contributed by atoms with Gasteiger partial charge in [0.2, 0.25) is 0 Å². The summed E-state index contributed by atoms with van der Waals surface area (Å²) >= 11 is 0. The molecule has 3 aromatic carbocycles. The number of carbonyl (C=O) groups is 2. The Kier molecular flexibility index (Phi) is 6.25. The second-order valence-electron chi connectivity index (χ2n) is 6.61. The Bertz CT molecular complexity index is 966. The monoisotopic (exact) mass is 386 g/mol. The van der Waals surface area contributed by atoms with Crippen molar-refractivity contribution in [3.63, 3.8) is 0 Å². The fraction of sp³-hybridized carbons (Fsp3) is 0.120. The Morgan fingerprint density at radius 2 is 1.00 bits per heavy atom. The smallest absolute Gasteiger partial charge is 0.337 e. The van der Waals surface area contributed by atoms with Crippen LogP contribution in [0.1, 0.15) is 43.0 Å². The van der Waals surface area contributed by atoms with E-state index in [1.807, 2.05) is 31.2 Å².